The van der Waals surface area contributed by atoms with Gasteiger partial charge in [0.25, 0.3) is 0 Å². The van der Waals surface area contributed by atoms with Crippen molar-refractivity contribution in [2.75, 3.05) is 18.4 Å². The Morgan fingerprint density at radius 2 is 2.11 bits per heavy atom. The number of hydrogen-bond donors (Lipinski definition) is 2. The maximum absolute atomic E-state index is 12.4. The number of fused-ring (bicyclic) bond motifs is 1. The highest BCUT2D eigenvalue weighted by Crippen LogP contribution is 2.31. The molecule has 104 valence electrons. The van der Waals surface area contributed by atoms with E-state index in [2.05, 4.69) is 36.6 Å². The van der Waals surface area contributed by atoms with Crippen molar-refractivity contribution in [2.24, 2.45) is 5.92 Å². The van der Waals surface area contributed by atoms with Crippen LogP contribution in [0.4, 0.5) is 5.69 Å². The monoisotopic (exact) mass is 260 g/mol. The van der Waals surface area contributed by atoms with Gasteiger partial charge in [-0.1, -0.05) is 44.9 Å². The summed E-state index contributed by atoms with van der Waals surface area (Å²) in [7, 11) is 0. The highest BCUT2D eigenvalue weighted by atomic mass is 16.1. The molecule has 2 rings (SSSR count). The summed E-state index contributed by atoms with van der Waals surface area (Å²) in [5.74, 6) is 0.786. The van der Waals surface area contributed by atoms with Crippen molar-refractivity contribution in [2.45, 2.75) is 39.0 Å². The van der Waals surface area contributed by atoms with E-state index in [9.17, 15) is 4.79 Å². The minimum Gasteiger partial charge on any atom is -0.385 e. The van der Waals surface area contributed by atoms with Crippen LogP contribution in [-0.4, -0.2) is 19.0 Å². The SMILES string of the molecule is CCC(CC)CNC(=O)C1CCNc2ccccc21. The molecule has 19 heavy (non-hydrogen) atoms. The highest BCUT2D eigenvalue weighted by Gasteiger charge is 2.26. The Morgan fingerprint density at radius 1 is 1.37 bits per heavy atom. The minimum absolute atomic E-state index is 0.00631. The lowest BCUT2D eigenvalue weighted by atomic mass is 9.90. The number of benzene rings is 1. The van der Waals surface area contributed by atoms with E-state index in [1.807, 2.05) is 12.1 Å². The molecule has 0 fully saturated rings. The van der Waals surface area contributed by atoms with E-state index in [1.54, 1.807) is 0 Å². The zero-order chi connectivity index (χ0) is 13.7. The second kappa shape index (κ2) is 6.60. The first-order valence-electron chi connectivity index (χ1n) is 7.36. The van der Waals surface area contributed by atoms with Gasteiger partial charge in [0.2, 0.25) is 5.91 Å². The Hall–Kier alpha value is -1.51. The van der Waals surface area contributed by atoms with Gasteiger partial charge in [-0.3, -0.25) is 4.79 Å². The van der Waals surface area contributed by atoms with Crippen molar-refractivity contribution in [3.8, 4) is 0 Å². The maximum Gasteiger partial charge on any atom is 0.227 e. The zero-order valence-electron chi connectivity index (χ0n) is 11.9. The lowest BCUT2D eigenvalue weighted by Crippen LogP contribution is -2.35. The van der Waals surface area contributed by atoms with Gasteiger partial charge in [0.05, 0.1) is 5.92 Å². The van der Waals surface area contributed by atoms with Crippen LogP contribution >= 0.6 is 0 Å². The van der Waals surface area contributed by atoms with Crippen molar-refractivity contribution < 1.29 is 4.79 Å². The molecule has 1 aromatic carbocycles. The van der Waals surface area contributed by atoms with Gasteiger partial charge in [-0.15, -0.1) is 0 Å². The third-order valence-electron chi connectivity index (χ3n) is 4.12. The average molecular weight is 260 g/mol. The fraction of sp³-hybridized carbons (Fsp3) is 0.562. The molecule has 1 atom stereocenters. The highest BCUT2D eigenvalue weighted by molar-refractivity contribution is 5.86. The molecule has 0 bridgehead atoms. The van der Waals surface area contributed by atoms with Gasteiger partial charge in [-0.25, -0.2) is 0 Å². The molecule has 3 nitrogen and oxygen atoms in total. The second-order valence-corrected chi connectivity index (χ2v) is 5.28. The summed E-state index contributed by atoms with van der Waals surface area (Å²) < 4.78 is 0. The number of rotatable bonds is 5. The van der Waals surface area contributed by atoms with Crippen LogP contribution in [0.2, 0.25) is 0 Å². The van der Waals surface area contributed by atoms with Gasteiger partial charge >= 0.3 is 0 Å². The lowest BCUT2D eigenvalue weighted by molar-refractivity contribution is -0.122. The summed E-state index contributed by atoms with van der Waals surface area (Å²) in [6.45, 7) is 6.04. The predicted molar refractivity (Wildman–Crippen MR) is 79.4 cm³/mol. The second-order valence-electron chi connectivity index (χ2n) is 5.28. The van der Waals surface area contributed by atoms with Gasteiger partial charge in [0.15, 0.2) is 0 Å². The summed E-state index contributed by atoms with van der Waals surface area (Å²) in [4.78, 5) is 12.4. The smallest absolute Gasteiger partial charge is 0.227 e. The molecule has 0 radical (unpaired) electrons. The third-order valence-corrected chi connectivity index (χ3v) is 4.12. The molecule has 1 heterocycles. The van der Waals surface area contributed by atoms with Crippen molar-refractivity contribution in [1.29, 1.82) is 0 Å². The van der Waals surface area contributed by atoms with E-state index in [-0.39, 0.29) is 11.8 Å². The molecule has 0 saturated carbocycles. The number of hydrogen-bond acceptors (Lipinski definition) is 2. The van der Waals surface area contributed by atoms with Gasteiger partial charge in [-0.05, 0) is 24.0 Å². The van der Waals surface area contributed by atoms with E-state index in [4.69, 9.17) is 0 Å². The Kier molecular flexibility index (Phi) is 4.83. The molecule has 1 aliphatic rings. The fourth-order valence-electron chi connectivity index (χ4n) is 2.69. The van der Waals surface area contributed by atoms with Crippen LogP contribution in [0, 0.1) is 5.92 Å². The summed E-state index contributed by atoms with van der Waals surface area (Å²) >= 11 is 0. The number of carbonyl (C=O) groups is 1. The molecule has 1 aliphatic heterocycles. The first-order valence-corrected chi connectivity index (χ1v) is 7.36. The van der Waals surface area contributed by atoms with Crippen molar-refractivity contribution >= 4 is 11.6 Å². The Bertz CT molecular complexity index is 427. The molecule has 0 aromatic heterocycles. The quantitative estimate of drug-likeness (QED) is 0.854. The van der Waals surface area contributed by atoms with E-state index >= 15 is 0 Å². The number of carbonyl (C=O) groups excluding carboxylic acids is 1. The molecule has 0 spiro atoms. The van der Waals surface area contributed by atoms with E-state index < -0.39 is 0 Å². The van der Waals surface area contributed by atoms with Crippen molar-refractivity contribution in [3.05, 3.63) is 29.8 Å². The van der Waals surface area contributed by atoms with Crippen LogP contribution < -0.4 is 10.6 Å². The Morgan fingerprint density at radius 3 is 2.84 bits per heavy atom. The lowest BCUT2D eigenvalue weighted by Gasteiger charge is -2.26. The molecule has 0 aliphatic carbocycles. The number of nitrogens with one attached hydrogen (secondary N) is 2. The van der Waals surface area contributed by atoms with Crippen molar-refractivity contribution in [1.82, 2.24) is 5.32 Å². The van der Waals surface area contributed by atoms with Crippen LogP contribution in [0.25, 0.3) is 0 Å². The van der Waals surface area contributed by atoms with Crippen LogP contribution in [-0.2, 0) is 4.79 Å². The maximum atomic E-state index is 12.4. The molecule has 1 amide bonds. The van der Waals surface area contributed by atoms with Gasteiger partial charge in [-0.2, -0.15) is 0 Å². The van der Waals surface area contributed by atoms with Crippen LogP contribution in [0.15, 0.2) is 24.3 Å². The average Bonchev–Trinajstić information content (AvgIpc) is 2.47. The van der Waals surface area contributed by atoms with Gasteiger partial charge in [0.1, 0.15) is 0 Å². The van der Waals surface area contributed by atoms with Crippen molar-refractivity contribution in [3.63, 3.8) is 0 Å². The summed E-state index contributed by atoms with van der Waals surface area (Å²) in [6.07, 6.45) is 3.13. The summed E-state index contributed by atoms with van der Waals surface area (Å²) in [5.41, 5.74) is 2.24. The first kappa shape index (κ1) is 13.9. The van der Waals surface area contributed by atoms with Crippen LogP contribution in [0.5, 0.6) is 0 Å². The predicted octanol–water partition coefficient (Wildman–Crippen LogP) is 3.14. The third kappa shape index (κ3) is 3.28. The number of amides is 1. The van der Waals surface area contributed by atoms with Crippen LogP contribution in [0.1, 0.15) is 44.6 Å². The molecule has 1 unspecified atom stereocenters. The number of anilines is 1. The Balaban J connectivity index is 2.01. The molecule has 2 N–H and O–H groups in total. The Labute approximate surface area is 115 Å². The van der Waals surface area contributed by atoms with Gasteiger partial charge < -0.3 is 10.6 Å². The molecular weight excluding hydrogens is 236 g/mol. The molecule has 3 heteroatoms. The largest absolute Gasteiger partial charge is 0.385 e. The normalized spacial score (nSPS) is 17.7. The van der Waals surface area contributed by atoms with E-state index in [1.165, 1.54) is 0 Å². The number of para-hydroxylation sites is 1. The van der Waals surface area contributed by atoms with E-state index in [0.717, 1.165) is 43.6 Å². The standard InChI is InChI=1S/C16H24N2O/c1-3-12(4-2)11-18-16(19)14-9-10-17-15-8-6-5-7-13(14)15/h5-8,12,14,17H,3-4,9-11H2,1-2H3,(H,18,19). The summed E-state index contributed by atoms with van der Waals surface area (Å²) in [5, 5.41) is 6.48. The molecular formula is C16H24N2O. The minimum atomic E-state index is 0.00631. The molecule has 0 saturated heterocycles. The summed E-state index contributed by atoms with van der Waals surface area (Å²) in [6, 6.07) is 8.13. The van der Waals surface area contributed by atoms with Crippen LogP contribution in [0.3, 0.4) is 0 Å². The first-order chi connectivity index (χ1) is 9.26. The molecule has 1 aromatic rings. The fourth-order valence-corrected chi connectivity index (χ4v) is 2.69. The van der Waals surface area contributed by atoms with E-state index in [0.29, 0.717) is 5.92 Å². The topological polar surface area (TPSA) is 41.1 Å². The zero-order valence-corrected chi connectivity index (χ0v) is 11.9. The van der Waals surface area contributed by atoms with Gasteiger partial charge in [0, 0.05) is 18.8 Å².